The molecule has 1 aromatic heterocycles. The van der Waals surface area contributed by atoms with Crippen molar-refractivity contribution in [1.82, 2.24) is 4.98 Å². The molecule has 2 unspecified atom stereocenters. The molecule has 0 fully saturated rings. The zero-order chi connectivity index (χ0) is 13.2. The van der Waals surface area contributed by atoms with Crippen LogP contribution in [0.4, 0.5) is 0 Å². The van der Waals surface area contributed by atoms with Gasteiger partial charge in [0.05, 0.1) is 0 Å². The standard InChI is InChI=1S/C16H26BrN/c1-3-4-5-6-7-8-9-16(17)14(2)15-10-12-18-13-11-15/h10-14,16H,3-9H2,1-2H3. The van der Waals surface area contributed by atoms with Crippen LogP contribution in [-0.4, -0.2) is 9.81 Å². The van der Waals surface area contributed by atoms with E-state index in [2.05, 4.69) is 46.9 Å². The van der Waals surface area contributed by atoms with E-state index in [0.717, 1.165) is 0 Å². The summed E-state index contributed by atoms with van der Waals surface area (Å²) in [5.41, 5.74) is 1.39. The molecule has 2 atom stereocenters. The van der Waals surface area contributed by atoms with Crippen molar-refractivity contribution in [3.63, 3.8) is 0 Å². The SMILES string of the molecule is CCCCCCCCC(Br)C(C)c1ccncc1. The minimum Gasteiger partial charge on any atom is -0.265 e. The minimum atomic E-state index is 0.573. The van der Waals surface area contributed by atoms with Gasteiger partial charge in [-0.15, -0.1) is 0 Å². The molecule has 0 aliphatic rings. The molecule has 1 rings (SSSR count). The molecule has 0 bridgehead atoms. The van der Waals surface area contributed by atoms with E-state index in [0.29, 0.717) is 10.7 Å². The third-order valence-corrected chi connectivity index (χ3v) is 4.86. The van der Waals surface area contributed by atoms with Crippen LogP contribution in [0, 0.1) is 0 Å². The van der Waals surface area contributed by atoms with Gasteiger partial charge in [0.15, 0.2) is 0 Å². The maximum atomic E-state index is 4.08. The summed E-state index contributed by atoms with van der Waals surface area (Å²) in [4.78, 5) is 4.66. The Hall–Kier alpha value is -0.370. The van der Waals surface area contributed by atoms with E-state index in [1.54, 1.807) is 0 Å². The van der Waals surface area contributed by atoms with E-state index in [9.17, 15) is 0 Å². The molecule has 0 aliphatic carbocycles. The molecular formula is C16H26BrN. The van der Waals surface area contributed by atoms with E-state index in [4.69, 9.17) is 0 Å². The third kappa shape index (κ3) is 5.99. The smallest absolute Gasteiger partial charge is 0.0270 e. The Morgan fingerprint density at radius 3 is 2.33 bits per heavy atom. The molecule has 0 saturated heterocycles. The van der Waals surface area contributed by atoms with Gasteiger partial charge in [-0.25, -0.2) is 0 Å². The number of unbranched alkanes of at least 4 members (excludes halogenated alkanes) is 5. The number of rotatable bonds is 9. The van der Waals surface area contributed by atoms with E-state index in [1.807, 2.05) is 12.4 Å². The molecule has 1 aromatic rings. The van der Waals surface area contributed by atoms with Crippen molar-refractivity contribution in [1.29, 1.82) is 0 Å². The van der Waals surface area contributed by atoms with Gasteiger partial charge in [0.25, 0.3) is 0 Å². The van der Waals surface area contributed by atoms with Crippen LogP contribution >= 0.6 is 15.9 Å². The lowest BCUT2D eigenvalue weighted by atomic mass is 9.95. The highest BCUT2D eigenvalue weighted by Gasteiger charge is 2.15. The van der Waals surface area contributed by atoms with Gasteiger partial charge in [0.1, 0.15) is 0 Å². The average molecular weight is 312 g/mol. The molecule has 0 radical (unpaired) electrons. The quantitative estimate of drug-likeness (QED) is 0.421. The molecule has 2 heteroatoms. The summed E-state index contributed by atoms with van der Waals surface area (Å²) in [5.74, 6) is 0.573. The van der Waals surface area contributed by atoms with Crippen LogP contribution in [0.3, 0.4) is 0 Å². The Bertz CT molecular complexity index is 299. The predicted octanol–water partition coefficient (Wildman–Crippen LogP) is 5.70. The van der Waals surface area contributed by atoms with Crippen LogP contribution in [0.2, 0.25) is 0 Å². The summed E-state index contributed by atoms with van der Waals surface area (Å²) in [7, 11) is 0. The first kappa shape index (κ1) is 15.7. The number of halogens is 1. The predicted molar refractivity (Wildman–Crippen MR) is 83.4 cm³/mol. The molecule has 0 saturated carbocycles. The second kappa shape index (κ2) is 9.55. The molecular weight excluding hydrogens is 286 g/mol. The summed E-state index contributed by atoms with van der Waals surface area (Å²) in [6, 6.07) is 4.25. The lowest BCUT2D eigenvalue weighted by molar-refractivity contribution is 0.562. The largest absolute Gasteiger partial charge is 0.265 e. The van der Waals surface area contributed by atoms with Crippen molar-refractivity contribution in [3.05, 3.63) is 30.1 Å². The minimum absolute atomic E-state index is 0.573. The fraction of sp³-hybridized carbons (Fsp3) is 0.688. The summed E-state index contributed by atoms with van der Waals surface area (Å²) in [6.07, 6.45) is 13.3. The molecule has 102 valence electrons. The lowest BCUT2D eigenvalue weighted by Crippen LogP contribution is -2.09. The zero-order valence-corrected chi connectivity index (χ0v) is 13.3. The highest BCUT2D eigenvalue weighted by Crippen LogP contribution is 2.28. The van der Waals surface area contributed by atoms with Gasteiger partial charge in [0, 0.05) is 17.2 Å². The normalized spacial score (nSPS) is 14.4. The average Bonchev–Trinajstić information content (AvgIpc) is 2.42. The highest BCUT2D eigenvalue weighted by molar-refractivity contribution is 9.09. The first-order valence-electron chi connectivity index (χ1n) is 7.29. The third-order valence-electron chi connectivity index (χ3n) is 3.61. The summed E-state index contributed by atoms with van der Waals surface area (Å²) >= 11 is 3.84. The summed E-state index contributed by atoms with van der Waals surface area (Å²) < 4.78 is 0. The zero-order valence-electron chi connectivity index (χ0n) is 11.7. The maximum Gasteiger partial charge on any atom is 0.0270 e. The first-order chi connectivity index (χ1) is 8.75. The van der Waals surface area contributed by atoms with Crippen LogP contribution in [0.1, 0.15) is 70.3 Å². The molecule has 1 heterocycles. The van der Waals surface area contributed by atoms with Gasteiger partial charge < -0.3 is 0 Å². The van der Waals surface area contributed by atoms with Gasteiger partial charge in [-0.1, -0.05) is 68.3 Å². The van der Waals surface area contributed by atoms with Crippen LogP contribution in [-0.2, 0) is 0 Å². The van der Waals surface area contributed by atoms with Crippen molar-refractivity contribution in [2.24, 2.45) is 0 Å². The van der Waals surface area contributed by atoms with Gasteiger partial charge in [-0.2, -0.15) is 0 Å². The Morgan fingerprint density at radius 2 is 1.67 bits per heavy atom. The Balaban J connectivity index is 2.18. The van der Waals surface area contributed by atoms with Gasteiger partial charge in [-0.3, -0.25) is 4.98 Å². The summed E-state index contributed by atoms with van der Waals surface area (Å²) in [6.45, 7) is 4.57. The van der Waals surface area contributed by atoms with Gasteiger partial charge in [-0.05, 0) is 30.0 Å². The van der Waals surface area contributed by atoms with E-state index in [-0.39, 0.29) is 0 Å². The first-order valence-corrected chi connectivity index (χ1v) is 8.21. The number of aromatic nitrogens is 1. The second-order valence-electron chi connectivity index (χ2n) is 5.14. The van der Waals surface area contributed by atoms with Crippen molar-refractivity contribution in [2.45, 2.75) is 69.5 Å². The molecule has 0 aromatic carbocycles. The second-order valence-corrected chi connectivity index (χ2v) is 6.32. The monoisotopic (exact) mass is 311 g/mol. The van der Waals surface area contributed by atoms with E-state index >= 15 is 0 Å². The van der Waals surface area contributed by atoms with Crippen molar-refractivity contribution < 1.29 is 0 Å². The van der Waals surface area contributed by atoms with Crippen LogP contribution in [0.5, 0.6) is 0 Å². The van der Waals surface area contributed by atoms with Crippen LogP contribution in [0.25, 0.3) is 0 Å². The molecule has 1 nitrogen and oxygen atoms in total. The maximum absolute atomic E-state index is 4.08. The number of hydrogen-bond donors (Lipinski definition) is 0. The molecule has 0 amide bonds. The number of nitrogens with zero attached hydrogens (tertiary/aromatic N) is 1. The topological polar surface area (TPSA) is 12.9 Å². The molecule has 0 aliphatic heterocycles. The Kier molecular flexibility index (Phi) is 8.32. The van der Waals surface area contributed by atoms with E-state index < -0.39 is 0 Å². The van der Waals surface area contributed by atoms with E-state index in [1.165, 1.54) is 50.5 Å². The number of hydrogen-bond acceptors (Lipinski definition) is 1. The van der Waals surface area contributed by atoms with Crippen molar-refractivity contribution in [2.75, 3.05) is 0 Å². The molecule has 18 heavy (non-hydrogen) atoms. The van der Waals surface area contributed by atoms with Crippen molar-refractivity contribution in [3.8, 4) is 0 Å². The number of pyridine rings is 1. The van der Waals surface area contributed by atoms with Gasteiger partial charge in [0.2, 0.25) is 0 Å². The van der Waals surface area contributed by atoms with Crippen LogP contribution < -0.4 is 0 Å². The van der Waals surface area contributed by atoms with Crippen LogP contribution in [0.15, 0.2) is 24.5 Å². The summed E-state index contributed by atoms with van der Waals surface area (Å²) in [5, 5.41) is 0. The van der Waals surface area contributed by atoms with Crippen molar-refractivity contribution >= 4 is 15.9 Å². The fourth-order valence-electron chi connectivity index (χ4n) is 2.25. The van der Waals surface area contributed by atoms with Gasteiger partial charge >= 0.3 is 0 Å². The number of alkyl halides is 1. The molecule has 0 spiro atoms. The molecule has 0 N–H and O–H groups in total. The fourth-order valence-corrected chi connectivity index (χ4v) is 2.87. The Morgan fingerprint density at radius 1 is 1.06 bits per heavy atom. The Labute approximate surface area is 121 Å². The lowest BCUT2D eigenvalue weighted by Gasteiger charge is -2.18. The highest BCUT2D eigenvalue weighted by atomic mass is 79.9.